The van der Waals surface area contributed by atoms with Crippen molar-refractivity contribution in [3.63, 3.8) is 0 Å². The number of nitrogens with zero attached hydrogens (tertiary/aromatic N) is 1. The zero-order valence-corrected chi connectivity index (χ0v) is 12.1. The van der Waals surface area contributed by atoms with Crippen molar-refractivity contribution in [3.8, 4) is 5.88 Å². The Bertz CT molecular complexity index is 516. The number of amides is 1. The van der Waals surface area contributed by atoms with E-state index in [-0.39, 0.29) is 29.3 Å². The van der Waals surface area contributed by atoms with Gasteiger partial charge in [-0.05, 0) is 38.7 Å². The first-order valence-electron chi connectivity index (χ1n) is 7.16. The lowest BCUT2D eigenvalue weighted by molar-refractivity contribution is 0.0995. The summed E-state index contributed by atoms with van der Waals surface area (Å²) in [7, 11) is 0. The van der Waals surface area contributed by atoms with E-state index in [9.17, 15) is 9.18 Å². The van der Waals surface area contributed by atoms with E-state index in [1.807, 2.05) is 0 Å². The molecule has 0 unspecified atom stereocenters. The average molecular weight is 296 g/mol. The second-order valence-electron chi connectivity index (χ2n) is 5.22. The van der Waals surface area contributed by atoms with Crippen molar-refractivity contribution in [2.45, 2.75) is 44.7 Å². The molecular weight excluding hydrogens is 275 g/mol. The predicted octanol–water partition coefficient (Wildman–Crippen LogP) is 1.40. The van der Waals surface area contributed by atoms with E-state index in [0.29, 0.717) is 6.61 Å². The third-order valence-electron chi connectivity index (χ3n) is 3.60. The van der Waals surface area contributed by atoms with Crippen LogP contribution in [0.5, 0.6) is 5.88 Å². The van der Waals surface area contributed by atoms with Crippen molar-refractivity contribution in [2.24, 2.45) is 11.5 Å². The lowest BCUT2D eigenvalue weighted by atomic mass is 9.92. The van der Waals surface area contributed by atoms with Crippen LogP contribution in [0.25, 0.3) is 0 Å². The normalized spacial score (nSPS) is 21.9. The molecule has 1 aliphatic rings. The second kappa shape index (κ2) is 6.71. The monoisotopic (exact) mass is 296 g/mol. The molecule has 1 saturated carbocycles. The largest absolute Gasteiger partial charge is 0.477 e. The first-order valence-corrected chi connectivity index (χ1v) is 7.16. The Kier molecular flexibility index (Phi) is 4.95. The van der Waals surface area contributed by atoms with Gasteiger partial charge in [-0.15, -0.1) is 0 Å². The summed E-state index contributed by atoms with van der Waals surface area (Å²) in [5.74, 6) is -1.23. The van der Waals surface area contributed by atoms with Crippen LogP contribution in [0.3, 0.4) is 0 Å². The fraction of sp³-hybridized carbons (Fsp3) is 0.571. The zero-order valence-electron chi connectivity index (χ0n) is 12.1. The van der Waals surface area contributed by atoms with Crippen LogP contribution in [0.2, 0.25) is 0 Å². The Morgan fingerprint density at radius 1 is 1.48 bits per heavy atom. The van der Waals surface area contributed by atoms with Crippen LogP contribution in [0.4, 0.5) is 10.2 Å². The molecule has 7 heteroatoms. The Morgan fingerprint density at radius 3 is 2.71 bits per heavy atom. The third kappa shape index (κ3) is 3.81. The molecule has 0 atom stereocenters. The minimum atomic E-state index is -0.764. The van der Waals surface area contributed by atoms with Gasteiger partial charge >= 0.3 is 0 Å². The molecule has 1 aliphatic carbocycles. The molecular formula is C14H21FN4O2. The van der Waals surface area contributed by atoms with E-state index >= 15 is 0 Å². The minimum Gasteiger partial charge on any atom is -0.477 e. The highest BCUT2D eigenvalue weighted by Crippen LogP contribution is 2.25. The van der Waals surface area contributed by atoms with Crippen LogP contribution < -0.4 is 21.5 Å². The molecule has 2 rings (SSSR count). The van der Waals surface area contributed by atoms with Gasteiger partial charge in [-0.25, -0.2) is 4.39 Å². The first-order chi connectivity index (χ1) is 10.0. The smallest absolute Gasteiger partial charge is 0.254 e. The highest BCUT2D eigenvalue weighted by Gasteiger charge is 2.22. The molecule has 0 aromatic carbocycles. The molecule has 0 bridgehead atoms. The molecule has 0 spiro atoms. The highest BCUT2D eigenvalue weighted by atomic mass is 19.1. The molecule has 116 valence electrons. The molecule has 1 fully saturated rings. The Morgan fingerprint density at radius 2 is 2.14 bits per heavy atom. The van der Waals surface area contributed by atoms with Gasteiger partial charge in [-0.2, -0.15) is 4.98 Å². The molecule has 0 saturated heterocycles. The number of carbonyl (C=O) groups excluding carboxylic acids is 1. The number of carbonyl (C=O) groups is 1. The fourth-order valence-corrected chi connectivity index (χ4v) is 2.45. The summed E-state index contributed by atoms with van der Waals surface area (Å²) in [6.45, 7) is 2.07. The number of hydrogen-bond donors (Lipinski definition) is 3. The summed E-state index contributed by atoms with van der Waals surface area (Å²) in [5, 5.41) is 3.06. The van der Waals surface area contributed by atoms with E-state index in [0.717, 1.165) is 31.7 Å². The highest BCUT2D eigenvalue weighted by molar-refractivity contribution is 5.95. The van der Waals surface area contributed by atoms with Gasteiger partial charge in [0.15, 0.2) is 11.6 Å². The van der Waals surface area contributed by atoms with Gasteiger partial charge in [0.2, 0.25) is 5.88 Å². The molecule has 6 nitrogen and oxygen atoms in total. The van der Waals surface area contributed by atoms with Crippen molar-refractivity contribution in [2.75, 3.05) is 11.9 Å². The molecule has 1 aromatic rings. The van der Waals surface area contributed by atoms with Crippen LogP contribution in [0.15, 0.2) is 6.07 Å². The molecule has 1 aromatic heterocycles. The van der Waals surface area contributed by atoms with Gasteiger partial charge in [0, 0.05) is 12.1 Å². The average Bonchev–Trinajstić information content (AvgIpc) is 2.44. The number of hydrogen-bond acceptors (Lipinski definition) is 5. The summed E-state index contributed by atoms with van der Waals surface area (Å²) < 4.78 is 19.3. The van der Waals surface area contributed by atoms with Crippen molar-refractivity contribution < 1.29 is 13.9 Å². The first kappa shape index (κ1) is 15.5. The van der Waals surface area contributed by atoms with Crippen LogP contribution in [0.1, 0.15) is 43.0 Å². The Hall–Kier alpha value is -1.89. The van der Waals surface area contributed by atoms with Crippen molar-refractivity contribution >= 4 is 11.7 Å². The van der Waals surface area contributed by atoms with Crippen LogP contribution in [-0.2, 0) is 0 Å². The van der Waals surface area contributed by atoms with E-state index in [1.165, 1.54) is 0 Å². The van der Waals surface area contributed by atoms with E-state index in [1.54, 1.807) is 6.92 Å². The maximum Gasteiger partial charge on any atom is 0.254 e. The third-order valence-corrected chi connectivity index (χ3v) is 3.60. The molecule has 1 heterocycles. The summed E-state index contributed by atoms with van der Waals surface area (Å²) in [4.78, 5) is 15.3. The van der Waals surface area contributed by atoms with Gasteiger partial charge in [0.25, 0.3) is 5.91 Å². The molecule has 21 heavy (non-hydrogen) atoms. The zero-order chi connectivity index (χ0) is 15.4. The molecule has 0 aliphatic heterocycles. The lowest BCUT2D eigenvalue weighted by Crippen LogP contribution is -2.33. The summed E-state index contributed by atoms with van der Waals surface area (Å²) in [6, 6.07) is 1.41. The number of pyridine rings is 1. The van der Waals surface area contributed by atoms with E-state index in [2.05, 4.69) is 10.3 Å². The van der Waals surface area contributed by atoms with Crippen LogP contribution in [-0.4, -0.2) is 29.6 Å². The summed E-state index contributed by atoms with van der Waals surface area (Å²) in [6.07, 6.45) is 3.53. The number of nitrogens with one attached hydrogen (secondary N) is 1. The number of nitrogens with two attached hydrogens (primary N) is 2. The summed E-state index contributed by atoms with van der Waals surface area (Å²) in [5.41, 5.74) is 11.0. The lowest BCUT2D eigenvalue weighted by Gasteiger charge is -2.27. The fourth-order valence-electron chi connectivity index (χ4n) is 2.45. The van der Waals surface area contributed by atoms with Gasteiger partial charge in [0.05, 0.1) is 6.61 Å². The van der Waals surface area contributed by atoms with Gasteiger partial charge in [0.1, 0.15) is 5.56 Å². The number of halogens is 1. The van der Waals surface area contributed by atoms with Gasteiger partial charge in [-0.1, -0.05) is 0 Å². The van der Waals surface area contributed by atoms with Crippen LogP contribution in [0, 0.1) is 5.82 Å². The van der Waals surface area contributed by atoms with Crippen molar-refractivity contribution in [1.29, 1.82) is 0 Å². The quantitative estimate of drug-likeness (QED) is 0.762. The Balaban J connectivity index is 2.19. The number of primary amides is 1. The van der Waals surface area contributed by atoms with E-state index < -0.39 is 11.7 Å². The number of ether oxygens (including phenoxy) is 1. The maximum atomic E-state index is 14.0. The summed E-state index contributed by atoms with van der Waals surface area (Å²) >= 11 is 0. The molecule has 1 amide bonds. The number of aromatic nitrogens is 1. The van der Waals surface area contributed by atoms with Gasteiger partial charge in [-0.3, -0.25) is 4.79 Å². The number of anilines is 1. The maximum absolute atomic E-state index is 14.0. The standard InChI is InChI=1S/C14H21FN4O2/c1-2-21-14-10(12(17)20)7-11(15)13(19-14)18-9-5-3-8(16)4-6-9/h7-9H,2-6,16H2,1H3,(H2,17,20)(H,18,19). The van der Waals surface area contributed by atoms with Crippen molar-refractivity contribution in [1.82, 2.24) is 4.98 Å². The van der Waals surface area contributed by atoms with Crippen LogP contribution >= 0.6 is 0 Å². The molecule has 5 N–H and O–H groups in total. The number of rotatable bonds is 5. The predicted molar refractivity (Wildman–Crippen MR) is 77.7 cm³/mol. The van der Waals surface area contributed by atoms with E-state index in [4.69, 9.17) is 16.2 Å². The SMILES string of the molecule is CCOc1nc(NC2CCC(N)CC2)c(F)cc1C(N)=O. The Labute approximate surface area is 123 Å². The van der Waals surface area contributed by atoms with Gasteiger partial charge < -0.3 is 21.5 Å². The second-order valence-corrected chi connectivity index (χ2v) is 5.22. The topological polar surface area (TPSA) is 103 Å². The minimum absolute atomic E-state index is 0.0504. The molecule has 0 radical (unpaired) electrons. The van der Waals surface area contributed by atoms with Crippen molar-refractivity contribution in [3.05, 3.63) is 17.4 Å².